The molecule has 0 saturated carbocycles. The van der Waals surface area contributed by atoms with Gasteiger partial charge in [0.15, 0.2) is 11.6 Å². The Kier molecular flexibility index (Phi) is 2.68. The van der Waals surface area contributed by atoms with E-state index in [1.165, 1.54) is 6.33 Å². The molecule has 0 atom stereocenters. The fraction of sp³-hybridized carbons (Fsp3) is 0.429. The quantitative estimate of drug-likeness (QED) is 0.608. The van der Waals surface area contributed by atoms with E-state index in [1.807, 2.05) is 0 Å². The normalized spacial score (nSPS) is 9.75. The van der Waals surface area contributed by atoms with Crippen LogP contribution in [-0.2, 0) is 0 Å². The van der Waals surface area contributed by atoms with Crippen LogP contribution in [0.1, 0.15) is 13.3 Å². The molecule has 1 aromatic rings. The highest BCUT2D eigenvalue weighted by molar-refractivity contribution is 5.71. The number of nitrogens with one attached hydrogen (secondary N) is 1. The van der Waals surface area contributed by atoms with E-state index >= 15 is 0 Å². The molecule has 5 N–H and O–H groups in total. The van der Waals surface area contributed by atoms with Gasteiger partial charge >= 0.3 is 0 Å². The molecule has 1 rings (SSSR count). The number of nitrogens with zero attached hydrogens (tertiary/aromatic N) is 2. The third-order valence-corrected chi connectivity index (χ3v) is 1.46. The molecule has 0 unspecified atom stereocenters. The van der Waals surface area contributed by atoms with Crippen LogP contribution >= 0.6 is 0 Å². The summed E-state index contributed by atoms with van der Waals surface area (Å²) in [5, 5.41) is 3.05. The molecule has 0 aliphatic heterocycles. The van der Waals surface area contributed by atoms with E-state index in [-0.39, 0.29) is 0 Å². The summed E-state index contributed by atoms with van der Waals surface area (Å²) >= 11 is 0. The van der Waals surface area contributed by atoms with Crippen LogP contribution in [0, 0.1) is 0 Å². The number of hydrogen-bond acceptors (Lipinski definition) is 5. The molecule has 1 aromatic heterocycles. The first-order chi connectivity index (χ1) is 5.75. The van der Waals surface area contributed by atoms with Crippen molar-refractivity contribution in [2.75, 3.05) is 23.3 Å². The molecule has 5 nitrogen and oxygen atoms in total. The maximum Gasteiger partial charge on any atom is 0.154 e. The van der Waals surface area contributed by atoms with Gasteiger partial charge in [0.1, 0.15) is 12.0 Å². The third kappa shape index (κ3) is 1.75. The van der Waals surface area contributed by atoms with Gasteiger partial charge in [0, 0.05) is 6.54 Å². The Morgan fingerprint density at radius 3 is 2.83 bits per heavy atom. The van der Waals surface area contributed by atoms with Crippen LogP contribution in [0.2, 0.25) is 0 Å². The summed E-state index contributed by atoms with van der Waals surface area (Å²) < 4.78 is 0. The first kappa shape index (κ1) is 8.58. The number of hydrogen-bond donors (Lipinski definition) is 3. The van der Waals surface area contributed by atoms with Crippen LogP contribution < -0.4 is 16.8 Å². The molecule has 1 heterocycles. The minimum absolute atomic E-state index is 0.323. The second kappa shape index (κ2) is 3.75. The molecular formula is C7H13N5. The summed E-state index contributed by atoms with van der Waals surface area (Å²) in [5.74, 6) is 0.938. The number of rotatable bonds is 3. The fourth-order valence-electron chi connectivity index (χ4n) is 0.793. The van der Waals surface area contributed by atoms with Gasteiger partial charge in [0.2, 0.25) is 0 Å². The Bertz CT molecular complexity index is 260. The zero-order valence-corrected chi connectivity index (χ0v) is 7.04. The van der Waals surface area contributed by atoms with E-state index in [4.69, 9.17) is 11.5 Å². The fourth-order valence-corrected chi connectivity index (χ4v) is 0.793. The second-order valence-electron chi connectivity index (χ2n) is 2.45. The molecule has 0 aliphatic rings. The van der Waals surface area contributed by atoms with Crippen LogP contribution in [0.15, 0.2) is 6.33 Å². The highest BCUT2D eigenvalue weighted by Gasteiger charge is 2.02. The minimum atomic E-state index is 0.323. The maximum absolute atomic E-state index is 5.61. The maximum atomic E-state index is 5.61. The molecule has 0 saturated heterocycles. The average molecular weight is 167 g/mol. The molecule has 0 amide bonds. The zero-order chi connectivity index (χ0) is 8.97. The third-order valence-electron chi connectivity index (χ3n) is 1.46. The predicted octanol–water partition coefficient (Wildman–Crippen LogP) is 0.463. The Morgan fingerprint density at radius 1 is 1.42 bits per heavy atom. The van der Waals surface area contributed by atoms with Crippen molar-refractivity contribution in [1.82, 2.24) is 9.97 Å². The van der Waals surface area contributed by atoms with Gasteiger partial charge in [-0.05, 0) is 6.42 Å². The standard InChI is InChI=1S/C7H13N5/c1-2-3-10-7-5(8)6(9)11-4-12-7/h4H,2-3,8H2,1H3,(H3,9,10,11,12). The molecule has 0 aliphatic carbocycles. The van der Waals surface area contributed by atoms with Gasteiger partial charge in [-0.2, -0.15) is 0 Å². The molecule has 66 valence electrons. The van der Waals surface area contributed by atoms with Gasteiger partial charge in [-0.1, -0.05) is 6.92 Å². The largest absolute Gasteiger partial charge is 0.393 e. The van der Waals surface area contributed by atoms with Crippen molar-refractivity contribution in [2.24, 2.45) is 0 Å². The van der Waals surface area contributed by atoms with Crippen LogP contribution in [0.4, 0.5) is 17.3 Å². The lowest BCUT2D eigenvalue weighted by Gasteiger charge is -2.06. The lowest BCUT2D eigenvalue weighted by molar-refractivity contribution is 0.966. The number of aromatic nitrogens is 2. The summed E-state index contributed by atoms with van der Waals surface area (Å²) in [5.41, 5.74) is 11.5. The Hall–Kier alpha value is -1.52. The topological polar surface area (TPSA) is 89.8 Å². The molecule has 12 heavy (non-hydrogen) atoms. The Labute approximate surface area is 71.2 Å². The minimum Gasteiger partial charge on any atom is -0.393 e. The van der Waals surface area contributed by atoms with E-state index in [2.05, 4.69) is 22.2 Å². The van der Waals surface area contributed by atoms with Crippen LogP contribution in [0.3, 0.4) is 0 Å². The van der Waals surface area contributed by atoms with Crippen molar-refractivity contribution in [1.29, 1.82) is 0 Å². The van der Waals surface area contributed by atoms with Crippen LogP contribution in [0.25, 0.3) is 0 Å². The van der Waals surface area contributed by atoms with E-state index in [9.17, 15) is 0 Å². The van der Waals surface area contributed by atoms with E-state index in [0.717, 1.165) is 13.0 Å². The van der Waals surface area contributed by atoms with Crippen molar-refractivity contribution in [3.63, 3.8) is 0 Å². The van der Waals surface area contributed by atoms with Crippen molar-refractivity contribution < 1.29 is 0 Å². The van der Waals surface area contributed by atoms with Crippen LogP contribution in [0.5, 0.6) is 0 Å². The molecule has 0 spiro atoms. The van der Waals surface area contributed by atoms with E-state index in [1.54, 1.807) is 0 Å². The predicted molar refractivity (Wildman–Crippen MR) is 49.6 cm³/mol. The van der Waals surface area contributed by atoms with E-state index < -0.39 is 0 Å². The van der Waals surface area contributed by atoms with Crippen LogP contribution in [-0.4, -0.2) is 16.5 Å². The van der Waals surface area contributed by atoms with Gasteiger partial charge in [-0.15, -0.1) is 0 Å². The smallest absolute Gasteiger partial charge is 0.154 e. The van der Waals surface area contributed by atoms with Gasteiger partial charge in [-0.25, -0.2) is 9.97 Å². The summed E-state index contributed by atoms with van der Waals surface area (Å²) in [6, 6.07) is 0. The zero-order valence-electron chi connectivity index (χ0n) is 7.04. The summed E-state index contributed by atoms with van der Waals surface area (Å²) in [7, 11) is 0. The van der Waals surface area contributed by atoms with Crippen molar-refractivity contribution in [3.8, 4) is 0 Å². The molecule has 0 fully saturated rings. The number of anilines is 3. The molecule has 0 aromatic carbocycles. The number of nitrogens with two attached hydrogens (primary N) is 2. The van der Waals surface area contributed by atoms with E-state index in [0.29, 0.717) is 17.3 Å². The Morgan fingerprint density at radius 2 is 2.17 bits per heavy atom. The highest BCUT2D eigenvalue weighted by atomic mass is 15.1. The second-order valence-corrected chi connectivity index (χ2v) is 2.45. The van der Waals surface area contributed by atoms with Crippen molar-refractivity contribution in [3.05, 3.63) is 6.33 Å². The molecular weight excluding hydrogens is 154 g/mol. The lowest BCUT2D eigenvalue weighted by atomic mass is 10.4. The van der Waals surface area contributed by atoms with Gasteiger partial charge in [0.25, 0.3) is 0 Å². The summed E-state index contributed by atoms with van der Waals surface area (Å²) in [6.07, 6.45) is 2.41. The SMILES string of the molecule is CCCNc1ncnc(N)c1N. The molecule has 0 bridgehead atoms. The summed E-state index contributed by atoms with van der Waals surface area (Å²) in [4.78, 5) is 7.70. The highest BCUT2D eigenvalue weighted by Crippen LogP contribution is 2.18. The van der Waals surface area contributed by atoms with Crippen molar-refractivity contribution in [2.45, 2.75) is 13.3 Å². The summed E-state index contributed by atoms with van der Waals surface area (Å²) in [6.45, 7) is 2.90. The van der Waals surface area contributed by atoms with Crippen molar-refractivity contribution >= 4 is 17.3 Å². The first-order valence-corrected chi connectivity index (χ1v) is 3.85. The number of nitrogen functional groups attached to an aromatic ring is 2. The molecule has 0 radical (unpaired) electrons. The van der Waals surface area contributed by atoms with Gasteiger partial charge in [-0.3, -0.25) is 0 Å². The molecule has 5 heteroatoms. The van der Waals surface area contributed by atoms with Gasteiger partial charge < -0.3 is 16.8 Å². The Balaban J connectivity index is 2.78. The first-order valence-electron chi connectivity index (χ1n) is 3.85. The monoisotopic (exact) mass is 167 g/mol. The average Bonchev–Trinajstić information content (AvgIpc) is 2.08. The lowest BCUT2D eigenvalue weighted by Crippen LogP contribution is -2.08. The van der Waals surface area contributed by atoms with Gasteiger partial charge in [0.05, 0.1) is 0 Å².